The van der Waals surface area contributed by atoms with E-state index in [1.807, 2.05) is 6.08 Å². The lowest BCUT2D eigenvalue weighted by atomic mass is 9.77. The Morgan fingerprint density at radius 3 is 2.23 bits per heavy atom. The molecule has 0 aromatic heterocycles. The van der Waals surface area contributed by atoms with Crippen LogP contribution in [-0.2, 0) is 6.61 Å². The van der Waals surface area contributed by atoms with Crippen molar-refractivity contribution in [3.8, 4) is 22.6 Å². The average molecular weight is 477 g/mol. The second-order valence-electron chi connectivity index (χ2n) is 9.31. The number of halogens is 2. The molecule has 0 N–H and O–H groups in total. The molecule has 184 valence electrons. The maximum atomic E-state index is 14.5. The number of rotatable bonds is 10. The first kappa shape index (κ1) is 25.0. The summed E-state index contributed by atoms with van der Waals surface area (Å²) in [4.78, 5) is 0. The fourth-order valence-corrected chi connectivity index (χ4v) is 4.94. The van der Waals surface area contributed by atoms with E-state index in [1.165, 1.54) is 49.8 Å². The zero-order chi connectivity index (χ0) is 24.6. The lowest BCUT2D eigenvalue weighted by Crippen LogP contribution is -2.13. The Morgan fingerprint density at radius 1 is 0.857 bits per heavy atom. The van der Waals surface area contributed by atoms with Gasteiger partial charge in [-0.25, -0.2) is 4.39 Å². The second kappa shape index (κ2) is 12.0. The number of benzene rings is 3. The molecular weight excluding hydrogens is 442 g/mol. The van der Waals surface area contributed by atoms with Gasteiger partial charge in [0.1, 0.15) is 12.4 Å². The molecule has 1 aliphatic carbocycles. The van der Waals surface area contributed by atoms with Crippen molar-refractivity contribution in [2.24, 2.45) is 5.92 Å². The van der Waals surface area contributed by atoms with Crippen LogP contribution >= 0.6 is 0 Å². The molecule has 0 heterocycles. The molecule has 0 amide bonds. The molecule has 4 heteroatoms. The van der Waals surface area contributed by atoms with Crippen LogP contribution in [0.3, 0.4) is 0 Å². The summed E-state index contributed by atoms with van der Waals surface area (Å²) in [5.74, 6) is 0.251. The van der Waals surface area contributed by atoms with E-state index in [0.29, 0.717) is 23.8 Å². The van der Waals surface area contributed by atoms with Crippen molar-refractivity contribution in [3.63, 3.8) is 0 Å². The van der Waals surface area contributed by atoms with Crippen molar-refractivity contribution in [1.29, 1.82) is 0 Å². The molecule has 3 aromatic rings. The van der Waals surface area contributed by atoms with E-state index >= 15 is 0 Å². The highest BCUT2D eigenvalue weighted by molar-refractivity contribution is 5.66. The summed E-state index contributed by atoms with van der Waals surface area (Å²) in [5, 5.41) is 0. The minimum Gasteiger partial charge on any atom is -0.491 e. The highest BCUT2D eigenvalue weighted by atomic mass is 19.2. The standard InChI is InChI=1S/C31H34F2O2/c1-3-5-6-22-7-11-24(12-8-22)25-13-9-23(10-14-25)21-35-27-17-15-26(16-18-27)28-19-20-29(34-4-2)31(33)30(28)32/h3,9-10,13-20,22,24H,1,4-8,11-12,21H2,2H3. The molecule has 2 nitrogen and oxygen atoms in total. The molecule has 0 aliphatic heterocycles. The van der Waals surface area contributed by atoms with Crippen molar-refractivity contribution in [2.75, 3.05) is 6.61 Å². The predicted octanol–water partition coefficient (Wildman–Crippen LogP) is 8.85. The Kier molecular flexibility index (Phi) is 8.57. The first-order valence-electron chi connectivity index (χ1n) is 12.6. The van der Waals surface area contributed by atoms with Gasteiger partial charge in [-0.3, -0.25) is 0 Å². The van der Waals surface area contributed by atoms with Gasteiger partial charge >= 0.3 is 0 Å². The van der Waals surface area contributed by atoms with Crippen molar-refractivity contribution in [3.05, 3.63) is 96.1 Å². The Morgan fingerprint density at radius 2 is 1.57 bits per heavy atom. The lowest BCUT2D eigenvalue weighted by molar-refractivity contribution is 0.305. The van der Waals surface area contributed by atoms with Crippen molar-refractivity contribution >= 4 is 0 Å². The summed E-state index contributed by atoms with van der Waals surface area (Å²) in [6, 6.07) is 18.8. The summed E-state index contributed by atoms with van der Waals surface area (Å²) in [6.07, 6.45) is 9.60. The van der Waals surface area contributed by atoms with Gasteiger partial charge in [-0.05, 0) is 98.2 Å². The normalized spacial score (nSPS) is 17.7. The number of allylic oxidation sites excluding steroid dienone is 1. The van der Waals surface area contributed by atoms with Gasteiger partial charge in [-0.2, -0.15) is 4.39 Å². The molecule has 0 unspecified atom stereocenters. The molecule has 0 radical (unpaired) electrons. The topological polar surface area (TPSA) is 18.5 Å². The monoisotopic (exact) mass is 476 g/mol. The zero-order valence-electron chi connectivity index (χ0n) is 20.4. The largest absolute Gasteiger partial charge is 0.491 e. The van der Waals surface area contributed by atoms with Crippen LogP contribution in [0.5, 0.6) is 11.5 Å². The van der Waals surface area contributed by atoms with Crippen LogP contribution in [0.2, 0.25) is 0 Å². The summed E-state index contributed by atoms with van der Waals surface area (Å²) in [5.41, 5.74) is 3.31. The average Bonchev–Trinajstić information content (AvgIpc) is 2.90. The first-order valence-corrected chi connectivity index (χ1v) is 12.6. The quantitative estimate of drug-likeness (QED) is 0.272. The van der Waals surface area contributed by atoms with Gasteiger partial charge in [0.25, 0.3) is 0 Å². The van der Waals surface area contributed by atoms with Crippen LogP contribution in [0, 0.1) is 17.6 Å². The van der Waals surface area contributed by atoms with Gasteiger partial charge in [0.15, 0.2) is 11.6 Å². The summed E-state index contributed by atoms with van der Waals surface area (Å²) >= 11 is 0. The summed E-state index contributed by atoms with van der Waals surface area (Å²) in [6.45, 7) is 6.31. The minimum atomic E-state index is -0.964. The van der Waals surface area contributed by atoms with Crippen LogP contribution in [-0.4, -0.2) is 6.61 Å². The third kappa shape index (κ3) is 6.30. The number of hydrogen-bond acceptors (Lipinski definition) is 2. The zero-order valence-corrected chi connectivity index (χ0v) is 20.4. The highest BCUT2D eigenvalue weighted by Gasteiger charge is 2.22. The van der Waals surface area contributed by atoms with E-state index in [4.69, 9.17) is 9.47 Å². The van der Waals surface area contributed by atoms with Gasteiger partial charge in [0.05, 0.1) is 6.61 Å². The Bertz CT molecular complexity index is 1100. The van der Waals surface area contributed by atoms with Crippen LogP contribution < -0.4 is 9.47 Å². The second-order valence-corrected chi connectivity index (χ2v) is 9.31. The fourth-order valence-electron chi connectivity index (χ4n) is 4.94. The van der Waals surface area contributed by atoms with Crippen molar-refractivity contribution in [1.82, 2.24) is 0 Å². The van der Waals surface area contributed by atoms with Crippen molar-refractivity contribution < 1.29 is 18.3 Å². The molecule has 0 atom stereocenters. The predicted molar refractivity (Wildman–Crippen MR) is 138 cm³/mol. The van der Waals surface area contributed by atoms with E-state index in [9.17, 15) is 8.78 Å². The van der Waals surface area contributed by atoms with E-state index < -0.39 is 11.6 Å². The third-order valence-electron chi connectivity index (χ3n) is 6.99. The van der Waals surface area contributed by atoms with Crippen LogP contribution in [0.25, 0.3) is 11.1 Å². The molecular formula is C31H34F2O2. The van der Waals surface area contributed by atoms with Crippen LogP contribution in [0.4, 0.5) is 8.78 Å². The molecule has 4 rings (SSSR count). The molecule has 1 fully saturated rings. The Labute approximate surface area is 207 Å². The highest BCUT2D eigenvalue weighted by Crippen LogP contribution is 2.37. The van der Waals surface area contributed by atoms with Gasteiger partial charge < -0.3 is 9.47 Å². The maximum absolute atomic E-state index is 14.5. The number of hydrogen-bond donors (Lipinski definition) is 0. The van der Waals surface area contributed by atoms with E-state index in [1.54, 1.807) is 31.2 Å². The molecule has 1 saturated carbocycles. The minimum absolute atomic E-state index is 0.0732. The SMILES string of the molecule is C=CCCC1CCC(c2ccc(COc3ccc(-c4ccc(OCC)c(F)c4F)cc3)cc2)CC1. The van der Waals surface area contributed by atoms with Crippen LogP contribution in [0.1, 0.15) is 62.5 Å². The summed E-state index contributed by atoms with van der Waals surface area (Å²) in [7, 11) is 0. The van der Waals surface area contributed by atoms with E-state index in [0.717, 1.165) is 17.9 Å². The smallest absolute Gasteiger partial charge is 0.201 e. The molecule has 0 saturated heterocycles. The molecule has 1 aliphatic rings. The van der Waals surface area contributed by atoms with Crippen molar-refractivity contribution in [2.45, 2.75) is 58.0 Å². The molecule has 3 aromatic carbocycles. The third-order valence-corrected chi connectivity index (χ3v) is 6.99. The van der Waals surface area contributed by atoms with Gasteiger partial charge in [-0.15, -0.1) is 6.58 Å². The van der Waals surface area contributed by atoms with Gasteiger partial charge in [-0.1, -0.05) is 42.5 Å². The van der Waals surface area contributed by atoms with E-state index in [2.05, 4.69) is 30.8 Å². The first-order chi connectivity index (χ1) is 17.1. The molecule has 0 bridgehead atoms. The summed E-state index contributed by atoms with van der Waals surface area (Å²) < 4.78 is 39.7. The Balaban J connectivity index is 1.31. The fraction of sp³-hybridized carbons (Fsp3) is 0.355. The van der Waals surface area contributed by atoms with Gasteiger partial charge in [0.2, 0.25) is 5.82 Å². The lowest BCUT2D eigenvalue weighted by Gasteiger charge is -2.28. The van der Waals surface area contributed by atoms with E-state index in [-0.39, 0.29) is 17.9 Å². The Hall–Kier alpha value is -3.14. The van der Waals surface area contributed by atoms with Crippen LogP contribution in [0.15, 0.2) is 73.3 Å². The molecule has 0 spiro atoms. The molecule has 35 heavy (non-hydrogen) atoms. The maximum Gasteiger partial charge on any atom is 0.201 e. The van der Waals surface area contributed by atoms with Gasteiger partial charge in [0, 0.05) is 5.56 Å². The number of ether oxygens (including phenoxy) is 2.